The maximum absolute atomic E-state index is 12.5. The fraction of sp³-hybridized carbons (Fsp3) is 0.500. The van der Waals surface area contributed by atoms with Crippen LogP contribution in [0, 0.1) is 5.41 Å². The van der Waals surface area contributed by atoms with Crippen molar-refractivity contribution in [2.45, 2.75) is 30.7 Å². The van der Waals surface area contributed by atoms with Crippen LogP contribution in [0.15, 0.2) is 29.2 Å². The van der Waals surface area contributed by atoms with Crippen LogP contribution in [0.25, 0.3) is 0 Å². The maximum Gasteiger partial charge on any atom is 0.446 e. The molecule has 2 N–H and O–H groups in total. The summed E-state index contributed by atoms with van der Waals surface area (Å²) < 4.78 is 37.4. The number of aliphatic hydroxyl groups excluding tert-OH is 1. The van der Waals surface area contributed by atoms with Crippen LogP contribution in [0.1, 0.15) is 30.6 Å². The molecule has 0 aliphatic rings. The smallest absolute Gasteiger partial charge is 0.396 e. The molecule has 118 valence electrons. The summed E-state index contributed by atoms with van der Waals surface area (Å²) in [4.78, 5) is 11.9. The number of aliphatic hydroxyl groups is 1. The lowest BCUT2D eigenvalue weighted by molar-refractivity contribution is -0.0328. The van der Waals surface area contributed by atoms with E-state index in [0.29, 0.717) is 6.42 Å². The second kappa shape index (κ2) is 7.17. The van der Waals surface area contributed by atoms with Gasteiger partial charge in [0.05, 0.1) is 5.56 Å². The van der Waals surface area contributed by atoms with Crippen molar-refractivity contribution in [2.75, 3.05) is 13.2 Å². The van der Waals surface area contributed by atoms with Crippen molar-refractivity contribution in [2.24, 2.45) is 5.41 Å². The summed E-state index contributed by atoms with van der Waals surface area (Å²) in [6, 6.07) is 5.61. The zero-order valence-corrected chi connectivity index (χ0v) is 12.6. The van der Waals surface area contributed by atoms with Gasteiger partial charge >= 0.3 is 5.51 Å². The Morgan fingerprint density at radius 1 is 1.29 bits per heavy atom. The molecule has 7 heteroatoms. The number of hydrogen-bond acceptors (Lipinski definition) is 3. The number of carbonyl (C=O) groups excluding carboxylic acids is 1. The van der Waals surface area contributed by atoms with Crippen LogP contribution in [0.2, 0.25) is 0 Å². The Balaban J connectivity index is 2.79. The number of halogens is 3. The molecule has 0 fully saturated rings. The van der Waals surface area contributed by atoms with Gasteiger partial charge in [-0.3, -0.25) is 4.79 Å². The summed E-state index contributed by atoms with van der Waals surface area (Å²) in [5.41, 5.74) is -4.76. The minimum Gasteiger partial charge on any atom is -0.396 e. The Kier molecular flexibility index (Phi) is 6.10. The second-order valence-electron chi connectivity index (χ2n) is 5.36. The van der Waals surface area contributed by atoms with Crippen LogP contribution in [0.4, 0.5) is 13.2 Å². The van der Waals surface area contributed by atoms with E-state index < -0.39 is 11.4 Å². The van der Waals surface area contributed by atoms with Gasteiger partial charge in [0, 0.05) is 18.0 Å². The lowest BCUT2D eigenvalue weighted by atomic mass is 9.89. The predicted molar refractivity (Wildman–Crippen MR) is 76.2 cm³/mol. The van der Waals surface area contributed by atoms with Crippen molar-refractivity contribution in [3.63, 3.8) is 0 Å². The van der Waals surface area contributed by atoms with E-state index in [1.54, 1.807) is 0 Å². The molecule has 21 heavy (non-hydrogen) atoms. The molecule has 0 spiro atoms. The molecule has 0 unspecified atom stereocenters. The number of hydrogen-bond donors (Lipinski definition) is 2. The highest BCUT2D eigenvalue weighted by atomic mass is 32.2. The van der Waals surface area contributed by atoms with E-state index in [-0.39, 0.29) is 40.8 Å². The normalized spacial score (nSPS) is 12.3. The Bertz CT molecular complexity index is 489. The number of amides is 1. The fourth-order valence-electron chi connectivity index (χ4n) is 1.67. The third kappa shape index (κ3) is 6.39. The van der Waals surface area contributed by atoms with Gasteiger partial charge in [0.25, 0.3) is 5.91 Å². The SMILES string of the molecule is CC(C)(CCO)CNC(=O)c1ccccc1SC(F)(F)F. The van der Waals surface area contributed by atoms with Crippen LogP contribution in [-0.4, -0.2) is 29.7 Å². The fourth-order valence-corrected chi connectivity index (χ4v) is 2.34. The zero-order valence-electron chi connectivity index (χ0n) is 11.8. The van der Waals surface area contributed by atoms with Gasteiger partial charge < -0.3 is 10.4 Å². The Morgan fingerprint density at radius 2 is 1.90 bits per heavy atom. The quantitative estimate of drug-likeness (QED) is 0.789. The minimum absolute atomic E-state index is 0.000349. The van der Waals surface area contributed by atoms with E-state index in [0.717, 1.165) is 0 Å². The van der Waals surface area contributed by atoms with E-state index in [1.165, 1.54) is 24.3 Å². The molecule has 0 atom stereocenters. The summed E-state index contributed by atoms with van der Waals surface area (Å²) in [5.74, 6) is -0.548. The first-order chi connectivity index (χ1) is 9.64. The average molecular weight is 321 g/mol. The molecule has 0 saturated carbocycles. The van der Waals surface area contributed by atoms with E-state index >= 15 is 0 Å². The predicted octanol–water partition coefficient (Wildman–Crippen LogP) is 3.44. The Morgan fingerprint density at radius 3 is 2.48 bits per heavy atom. The molecule has 0 radical (unpaired) electrons. The van der Waals surface area contributed by atoms with Gasteiger partial charge in [0.15, 0.2) is 0 Å². The van der Waals surface area contributed by atoms with E-state index in [2.05, 4.69) is 5.32 Å². The van der Waals surface area contributed by atoms with Gasteiger partial charge in [-0.05, 0) is 35.7 Å². The van der Waals surface area contributed by atoms with E-state index in [9.17, 15) is 18.0 Å². The second-order valence-corrected chi connectivity index (χ2v) is 6.47. The molecule has 1 aromatic rings. The first-order valence-corrected chi connectivity index (χ1v) is 7.20. The van der Waals surface area contributed by atoms with Crippen LogP contribution < -0.4 is 5.32 Å². The summed E-state index contributed by atoms with van der Waals surface area (Å²) in [7, 11) is 0. The van der Waals surface area contributed by atoms with Gasteiger partial charge in [0.1, 0.15) is 0 Å². The van der Waals surface area contributed by atoms with Crippen LogP contribution in [-0.2, 0) is 0 Å². The lowest BCUT2D eigenvalue weighted by Crippen LogP contribution is -2.34. The number of carbonyl (C=O) groups is 1. The highest BCUT2D eigenvalue weighted by Crippen LogP contribution is 2.38. The van der Waals surface area contributed by atoms with Crippen LogP contribution >= 0.6 is 11.8 Å². The molecular weight excluding hydrogens is 303 g/mol. The molecule has 1 amide bonds. The van der Waals surface area contributed by atoms with Crippen LogP contribution in [0.5, 0.6) is 0 Å². The van der Waals surface area contributed by atoms with E-state index in [1.807, 2.05) is 13.8 Å². The first-order valence-electron chi connectivity index (χ1n) is 6.38. The highest BCUT2D eigenvalue weighted by molar-refractivity contribution is 8.00. The highest BCUT2D eigenvalue weighted by Gasteiger charge is 2.31. The first kappa shape index (κ1) is 17.8. The molecule has 0 aliphatic carbocycles. The van der Waals surface area contributed by atoms with Crippen molar-refractivity contribution in [1.82, 2.24) is 5.32 Å². The number of rotatable bonds is 6. The minimum atomic E-state index is -4.44. The number of benzene rings is 1. The molecule has 0 aromatic heterocycles. The third-order valence-electron chi connectivity index (χ3n) is 2.87. The van der Waals surface area contributed by atoms with Crippen molar-refractivity contribution in [3.8, 4) is 0 Å². The van der Waals surface area contributed by atoms with Crippen molar-refractivity contribution < 1.29 is 23.1 Å². The third-order valence-corrected chi connectivity index (χ3v) is 3.68. The number of alkyl halides is 3. The zero-order chi connectivity index (χ0) is 16.1. The molecule has 1 rings (SSSR count). The van der Waals surface area contributed by atoms with Crippen molar-refractivity contribution in [1.29, 1.82) is 0 Å². The average Bonchev–Trinajstić information content (AvgIpc) is 2.35. The van der Waals surface area contributed by atoms with E-state index in [4.69, 9.17) is 5.11 Å². The van der Waals surface area contributed by atoms with Crippen molar-refractivity contribution >= 4 is 17.7 Å². The molecule has 0 saturated heterocycles. The van der Waals surface area contributed by atoms with Crippen molar-refractivity contribution in [3.05, 3.63) is 29.8 Å². The van der Waals surface area contributed by atoms with Gasteiger partial charge in [-0.15, -0.1) is 0 Å². The number of nitrogens with one attached hydrogen (secondary N) is 1. The number of thioether (sulfide) groups is 1. The Labute approximate surface area is 125 Å². The molecule has 0 aliphatic heterocycles. The molecule has 0 heterocycles. The Hall–Kier alpha value is -1.21. The van der Waals surface area contributed by atoms with Crippen LogP contribution in [0.3, 0.4) is 0 Å². The summed E-state index contributed by atoms with van der Waals surface area (Å²) in [5, 5.41) is 11.5. The topological polar surface area (TPSA) is 49.3 Å². The standard InChI is InChI=1S/C14H18F3NO2S/c1-13(2,7-8-19)9-18-12(20)10-5-3-4-6-11(10)21-14(15,16)17/h3-6,19H,7-9H2,1-2H3,(H,18,20). The maximum atomic E-state index is 12.5. The molecular formula is C14H18F3NO2S. The lowest BCUT2D eigenvalue weighted by Gasteiger charge is -2.24. The van der Waals surface area contributed by atoms with Gasteiger partial charge in [-0.2, -0.15) is 13.2 Å². The summed E-state index contributed by atoms with van der Waals surface area (Å²) >= 11 is -0.302. The molecule has 1 aromatic carbocycles. The molecule has 0 bridgehead atoms. The largest absolute Gasteiger partial charge is 0.446 e. The van der Waals surface area contributed by atoms with Gasteiger partial charge in [-0.25, -0.2) is 0 Å². The monoisotopic (exact) mass is 321 g/mol. The molecule has 3 nitrogen and oxygen atoms in total. The van der Waals surface area contributed by atoms with Gasteiger partial charge in [-0.1, -0.05) is 26.0 Å². The summed E-state index contributed by atoms with van der Waals surface area (Å²) in [6.45, 7) is 3.99. The summed E-state index contributed by atoms with van der Waals surface area (Å²) in [6.07, 6.45) is 0.492. The van der Waals surface area contributed by atoms with Gasteiger partial charge in [0.2, 0.25) is 0 Å².